The Morgan fingerprint density at radius 1 is 1.09 bits per heavy atom. The van der Waals surface area contributed by atoms with Crippen molar-refractivity contribution in [2.75, 3.05) is 14.2 Å². The number of phenols is 1. The van der Waals surface area contributed by atoms with Crippen LogP contribution in [0.15, 0.2) is 41.6 Å². The minimum Gasteiger partial charge on any atom is -0.508 e. The molecule has 9 heteroatoms. The lowest BCUT2D eigenvalue weighted by Gasteiger charge is -2.41. The standard InChI is InChI=1S/C25H22ClNO7/c1-11-7-15-19(14(9-18(29)27-15)12-5-4-6-13(28)8-12)23(30)25(11)24(31)20-16(32-2)10-17(33-3)21(26)22(20)34-25/h4-6,8,10-11,14,28H,7,9H2,1-3H3,(H,27,29). The molecule has 3 aliphatic rings. The van der Waals surface area contributed by atoms with Crippen LogP contribution in [0.3, 0.4) is 0 Å². The van der Waals surface area contributed by atoms with Gasteiger partial charge >= 0.3 is 0 Å². The number of amides is 1. The number of ketones is 2. The lowest BCUT2D eigenvalue weighted by Crippen LogP contribution is -2.59. The molecule has 1 aliphatic carbocycles. The van der Waals surface area contributed by atoms with E-state index in [-0.39, 0.29) is 52.3 Å². The average Bonchev–Trinajstić information content (AvgIpc) is 3.12. The van der Waals surface area contributed by atoms with Crippen LogP contribution in [-0.4, -0.2) is 42.4 Å². The van der Waals surface area contributed by atoms with Crippen LogP contribution in [0.25, 0.3) is 0 Å². The third-order valence-corrected chi connectivity index (χ3v) is 7.19. The maximum absolute atomic E-state index is 14.2. The molecule has 2 aromatic rings. The summed E-state index contributed by atoms with van der Waals surface area (Å²) in [5.41, 5.74) is -0.407. The lowest BCUT2D eigenvalue weighted by atomic mass is 9.66. The van der Waals surface area contributed by atoms with Gasteiger partial charge in [-0.3, -0.25) is 14.4 Å². The number of rotatable bonds is 3. The molecule has 34 heavy (non-hydrogen) atoms. The zero-order chi connectivity index (χ0) is 24.4. The van der Waals surface area contributed by atoms with Crippen molar-refractivity contribution in [3.05, 3.63) is 57.8 Å². The molecule has 2 aromatic carbocycles. The van der Waals surface area contributed by atoms with E-state index in [1.165, 1.54) is 32.4 Å². The molecule has 0 saturated heterocycles. The second kappa shape index (κ2) is 7.77. The molecule has 2 N–H and O–H groups in total. The quantitative estimate of drug-likeness (QED) is 0.642. The van der Waals surface area contributed by atoms with Crippen molar-refractivity contribution in [1.29, 1.82) is 0 Å². The van der Waals surface area contributed by atoms with Crippen LogP contribution in [0.2, 0.25) is 5.02 Å². The normalized spacial score (nSPS) is 25.6. The summed E-state index contributed by atoms with van der Waals surface area (Å²) in [6.07, 6.45) is 0.233. The topological polar surface area (TPSA) is 111 Å². The number of carbonyl (C=O) groups excluding carboxylic acids is 3. The summed E-state index contributed by atoms with van der Waals surface area (Å²) < 4.78 is 16.9. The van der Waals surface area contributed by atoms with E-state index >= 15 is 0 Å². The highest BCUT2D eigenvalue weighted by Gasteiger charge is 2.63. The second-order valence-electron chi connectivity index (χ2n) is 8.69. The number of Topliss-reactive ketones (excluding diaryl/α,β-unsaturated/α-hetero) is 2. The van der Waals surface area contributed by atoms with Gasteiger partial charge in [0.25, 0.3) is 0 Å². The Labute approximate surface area is 200 Å². The fourth-order valence-electron chi connectivity index (χ4n) is 5.22. The van der Waals surface area contributed by atoms with Crippen molar-refractivity contribution in [1.82, 2.24) is 5.32 Å². The molecular formula is C25H22ClNO7. The van der Waals surface area contributed by atoms with Gasteiger partial charge in [0, 0.05) is 35.6 Å². The summed E-state index contributed by atoms with van der Waals surface area (Å²) >= 11 is 6.48. The molecule has 0 fully saturated rings. The number of halogens is 1. The molecule has 0 aromatic heterocycles. The van der Waals surface area contributed by atoms with Crippen LogP contribution < -0.4 is 19.5 Å². The van der Waals surface area contributed by atoms with E-state index in [0.29, 0.717) is 16.8 Å². The Bertz CT molecular complexity index is 1300. The predicted octanol–water partition coefficient (Wildman–Crippen LogP) is 3.54. The summed E-state index contributed by atoms with van der Waals surface area (Å²) in [4.78, 5) is 40.6. The molecule has 2 heterocycles. The fraction of sp³-hybridized carbons (Fsp3) is 0.320. The van der Waals surface area contributed by atoms with Crippen LogP contribution >= 0.6 is 11.6 Å². The van der Waals surface area contributed by atoms with Crippen molar-refractivity contribution in [2.45, 2.75) is 31.3 Å². The van der Waals surface area contributed by atoms with Gasteiger partial charge in [-0.1, -0.05) is 30.7 Å². The second-order valence-corrected chi connectivity index (χ2v) is 9.07. The summed E-state index contributed by atoms with van der Waals surface area (Å²) in [6.45, 7) is 1.73. The van der Waals surface area contributed by atoms with Crippen molar-refractivity contribution in [3.63, 3.8) is 0 Å². The molecule has 3 atom stereocenters. The van der Waals surface area contributed by atoms with Crippen molar-refractivity contribution in [3.8, 4) is 23.0 Å². The zero-order valence-electron chi connectivity index (χ0n) is 18.7. The first-order valence-corrected chi connectivity index (χ1v) is 11.2. The van der Waals surface area contributed by atoms with Gasteiger partial charge in [0.15, 0.2) is 5.75 Å². The number of aromatic hydroxyl groups is 1. The summed E-state index contributed by atoms with van der Waals surface area (Å²) in [5, 5.41) is 12.9. The molecule has 0 bridgehead atoms. The molecule has 0 radical (unpaired) electrons. The van der Waals surface area contributed by atoms with E-state index < -0.39 is 29.0 Å². The highest BCUT2D eigenvalue weighted by molar-refractivity contribution is 6.36. The molecular weight excluding hydrogens is 462 g/mol. The maximum Gasteiger partial charge on any atom is 0.236 e. The first-order valence-electron chi connectivity index (χ1n) is 10.8. The number of methoxy groups -OCH3 is 2. The van der Waals surface area contributed by atoms with E-state index in [9.17, 15) is 19.5 Å². The third-order valence-electron chi connectivity index (χ3n) is 6.83. The van der Waals surface area contributed by atoms with Gasteiger partial charge in [-0.25, -0.2) is 0 Å². The van der Waals surface area contributed by atoms with Crippen molar-refractivity contribution >= 4 is 29.1 Å². The third kappa shape index (κ3) is 2.94. The fourth-order valence-corrected chi connectivity index (χ4v) is 5.48. The highest BCUT2D eigenvalue weighted by atomic mass is 35.5. The highest BCUT2D eigenvalue weighted by Crippen LogP contribution is 2.55. The van der Waals surface area contributed by atoms with Gasteiger partial charge in [-0.05, 0) is 24.1 Å². The number of carbonyl (C=O) groups is 3. The number of benzene rings is 2. The first-order chi connectivity index (χ1) is 16.2. The smallest absolute Gasteiger partial charge is 0.236 e. The Morgan fingerprint density at radius 2 is 1.82 bits per heavy atom. The number of fused-ring (bicyclic) bond motifs is 1. The molecule has 1 amide bonds. The maximum atomic E-state index is 14.2. The molecule has 0 saturated carbocycles. The van der Waals surface area contributed by atoms with Gasteiger partial charge in [-0.15, -0.1) is 0 Å². The Morgan fingerprint density at radius 3 is 2.50 bits per heavy atom. The Kier molecular flexibility index (Phi) is 5.09. The number of allylic oxidation sites excluding steroid dienone is 1. The van der Waals surface area contributed by atoms with Crippen LogP contribution in [0.4, 0.5) is 0 Å². The largest absolute Gasteiger partial charge is 0.508 e. The molecule has 1 spiro atoms. The van der Waals surface area contributed by atoms with E-state index in [2.05, 4.69) is 5.32 Å². The van der Waals surface area contributed by atoms with Gasteiger partial charge < -0.3 is 24.6 Å². The van der Waals surface area contributed by atoms with Crippen molar-refractivity contribution < 1.29 is 33.7 Å². The first kappa shape index (κ1) is 22.3. The number of hydrogen-bond acceptors (Lipinski definition) is 7. The van der Waals surface area contributed by atoms with Crippen molar-refractivity contribution in [2.24, 2.45) is 5.92 Å². The minimum absolute atomic E-state index is 0.00245. The van der Waals surface area contributed by atoms with Crippen LogP contribution in [0.1, 0.15) is 41.6 Å². The minimum atomic E-state index is -1.86. The summed E-state index contributed by atoms with van der Waals surface area (Å²) in [6, 6.07) is 7.90. The van der Waals surface area contributed by atoms with Gasteiger partial charge in [0.1, 0.15) is 27.8 Å². The molecule has 176 valence electrons. The van der Waals surface area contributed by atoms with E-state index in [0.717, 1.165) is 0 Å². The van der Waals surface area contributed by atoms with Crippen LogP contribution in [-0.2, 0) is 9.59 Å². The number of hydrogen-bond donors (Lipinski definition) is 2. The lowest BCUT2D eigenvalue weighted by molar-refractivity contribution is -0.131. The monoisotopic (exact) mass is 483 g/mol. The van der Waals surface area contributed by atoms with E-state index in [1.54, 1.807) is 19.1 Å². The molecule has 2 aliphatic heterocycles. The number of ether oxygens (including phenoxy) is 3. The Balaban J connectivity index is 1.68. The van der Waals surface area contributed by atoms with Gasteiger partial charge in [0.05, 0.1) is 14.2 Å². The summed E-state index contributed by atoms with van der Waals surface area (Å²) in [7, 11) is 2.83. The van der Waals surface area contributed by atoms with E-state index in [4.69, 9.17) is 25.8 Å². The zero-order valence-corrected chi connectivity index (χ0v) is 19.5. The molecule has 8 nitrogen and oxygen atoms in total. The summed E-state index contributed by atoms with van der Waals surface area (Å²) in [5.74, 6) is -2.05. The molecule has 5 rings (SSSR count). The predicted molar refractivity (Wildman–Crippen MR) is 122 cm³/mol. The van der Waals surface area contributed by atoms with Crippen LogP contribution in [0, 0.1) is 5.92 Å². The molecule has 3 unspecified atom stereocenters. The number of phenolic OH excluding ortho intramolecular Hbond substituents is 1. The van der Waals surface area contributed by atoms with Gasteiger partial charge in [0.2, 0.25) is 23.1 Å². The SMILES string of the molecule is COc1cc(OC)c2c(c1Cl)OC1(C(=O)C3=C(CC1C)NC(=O)CC3c1cccc(O)c1)C2=O. The van der Waals surface area contributed by atoms with E-state index in [1.807, 2.05) is 0 Å². The Hall–Kier alpha value is -3.52. The average molecular weight is 484 g/mol. The van der Waals surface area contributed by atoms with Crippen LogP contribution in [0.5, 0.6) is 23.0 Å². The van der Waals surface area contributed by atoms with Gasteiger partial charge in [-0.2, -0.15) is 0 Å². The number of nitrogens with one attached hydrogen (secondary N) is 1.